The number of fused-ring (bicyclic) bond motifs is 1. The summed E-state index contributed by atoms with van der Waals surface area (Å²) in [5.41, 5.74) is 1.17. The van der Waals surface area contributed by atoms with E-state index in [2.05, 4.69) is 22.5 Å². The van der Waals surface area contributed by atoms with Crippen LogP contribution in [0.25, 0.3) is 0 Å². The molecule has 0 heterocycles. The van der Waals surface area contributed by atoms with E-state index in [0.717, 1.165) is 15.6 Å². The van der Waals surface area contributed by atoms with E-state index in [9.17, 15) is 9.59 Å². The maximum absolute atomic E-state index is 13.4. The Hall–Kier alpha value is -2.20. The topological polar surface area (TPSA) is 43.4 Å². The van der Waals surface area contributed by atoms with Crippen LogP contribution in [0.5, 0.6) is 0 Å². The first kappa shape index (κ1) is 17.6. The number of allylic oxidation sites excluding steroid dienone is 1. The van der Waals surface area contributed by atoms with Crippen LogP contribution in [0, 0.1) is 5.41 Å². The largest absolute Gasteiger partial charge is 0.468 e. The number of hydrogen-bond acceptors (Lipinski definition) is 3. The molecule has 0 saturated carbocycles. The summed E-state index contributed by atoms with van der Waals surface area (Å²) in [6.45, 7) is 3.92. The van der Waals surface area contributed by atoms with Gasteiger partial charge in [-0.25, -0.2) is 0 Å². The maximum atomic E-state index is 13.4. The van der Waals surface area contributed by atoms with E-state index in [1.165, 1.54) is 7.11 Å². The van der Waals surface area contributed by atoms with Crippen LogP contribution in [-0.4, -0.2) is 18.9 Å². The Kier molecular flexibility index (Phi) is 4.91. The highest BCUT2D eigenvalue weighted by Crippen LogP contribution is 2.47. The summed E-state index contributed by atoms with van der Waals surface area (Å²) in [5, 5.41) is 0. The highest BCUT2D eigenvalue weighted by atomic mass is 79.9. The highest BCUT2D eigenvalue weighted by Gasteiger charge is 2.54. The van der Waals surface area contributed by atoms with Crippen LogP contribution in [0.2, 0.25) is 0 Å². The lowest BCUT2D eigenvalue weighted by atomic mass is 9.61. The first-order chi connectivity index (χ1) is 12.0. The number of benzene rings is 2. The summed E-state index contributed by atoms with van der Waals surface area (Å²) < 4.78 is 6.03. The molecule has 0 spiro atoms. The van der Waals surface area contributed by atoms with Crippen LogP contribution in [0.4, 0.5) is 0 Å². The molecule has 0 N–H and O–H groups in total. The van der Waals surface area contributed by atoms with Crippen molar-refractivity contribution in [1.82, 2.24) is 0 Å². The molecule has 2 atom stereocenters. The van der Waals surface area contributed by atoms with Crippen LogP contribution >= 0.6 is 15.9 Å². The van der Waals surface area contributed by atoms with Crippen molar-refractivity contribution in [2.75, 3.05) is 7.11 Å². The second-order valence-corrected chi connectivity index (χ2v) is 7.13. The van der Waals surface area contributed by atoms with Crippen molar-refractivity contribution in [2.24, 2.45) is 5.41 Å². The average Bonchev–Trinajstić information content (AvgIpc) is 2.65. The summed E-state index contributed by atoms with van der Waals surface area (Å²) >= 11 is 3.42. The molecular weight excluding hydrogens is 380 g/mol. The van der Waals surface area contributed by atoms with Gasteiger partial charge in [-0.2, -0.15) is 0 Å². The number of hydrogen-bond donors (Lipinski definition) is 0. The van der Waals surface area contributed by atoms with Gasteiger partial charge in [0.15, 0.2) is 5.78 Å². The Morgan fingerprint density at radius 1 is 1.24 bits per heavy atom. The second kappa shape index (κ2) is 6.96. The zero-order valence-electron chi connectivity index (χ0n) is 14.0. The van der Waals surface area contributed by atoms with Gasteiger partial charge in [0.25, 0.3) is 0 Å². The van der Waals surface area contributed by atoms with E-state index >= 15 is 0 Å². The molecule has 0 amide bonds. The quantitative estimate of drug-likeness (QED) is 0.425. The van der Waals surface area contributed by atoms with E-state index in [-0.39, 0.29) is 5.78 Å². The monoisotopic (exact) mass is 398 g/mol. The predicted octanol–water partition coefficient (Wildman–Crippen LogP) is 4.71. The van der Waals surface area contributed by atoms with Crippen molar-refractivity contribution < 1.29 is 14.3 Å². The molecule has 0 radical (unpaired) electrons. The Bertz CT molecular complexity index is 825. The van der Waals surface area contributed by atoms with Crippen LogP contribution in [0.1, 0.15) is 33.8 Å². The number of rotatable bonds is 4. The standard InChI is InChI=1S/C21H19BrO3/c1-3-18(15-8-10-16(22)11-9-15)21(20(24)25-2)13-12-14-6-4-5-7-17(14)19(21)23/h3-11,18H,1,12-13H2,2H3/t18?,21-/m1/s1. The van der Waals surface area contributed by atoms with Crippen molar-refractivity contribution >= 4 is 27.7 Å². The molecule has 0 saturated heterocycles. The number of halogens is 1. The lowest BCUT2D eigenvalue weighted by Crippen LogP contribution is -2.47. The number of ether oxygens (including phenoxy) is 1. The minimum atomic E-state index is -1.28. The van der Waals surface area contributed by atoms with Crippen molar-refractivity contribution in [1.29, 1.82) is 0 Å². The molecule has 4 heteroatoms. The minimum absolute atomic E-state index is 0.186. The van der Waals surface area contributed by atoms with Gasteiger partial charge in [-0.3, -0.25) is 9.59 Å². The van der Waals surface area contributed by atoms with E-state index in [1.807, 2.05) is 42.5 Å². The molecule has 0 aromatic heterocycles. The number of aryl methyl sites for hydroxylation is 1. The molecule has 0 fully saturated rings. The molecule has 3 rings (SSSR count). The predicted molar refractivity (Wildman–Crippen MR) is 101 cm³/mol. The lowest BCUT2D eigenvalue weighted by molar-refractivity contribution is -0.151. The Morgan fingerprint density at radius 3 is 2.56 bits per heavy atom. The highest BCUT2D eigenvalue weighted by molar-refractivity contribution is 9.10. The summed E-state index contributed by atoms with van der Waals surface area (Å²) in [4.78, 5) is 26.3. The molecular formula is C21H19BrO3. The van der Waals surface area contributed by atoms with Gasteiger partial charge in [0.2, 0.25) is 0 Å². The summed E-state index contributed by atoms with van der Waals surface area (Å²) in [6.07, 6.45) is 2.74. The molecule has 1 unspecified atom stereocenters. The fourth-order valence-electron chi connectivity index (χ4n) is 3.74. The van der Waals surface area contributed by atoms with Gasteiger partial charge in [-0.15, -0.1) is 6.58 Å². The van der Waals surface area contributed by atoms with E-state index in [4.69, 9.17) is 4.74 Å². The van der Waals surface area contributed by atoms with Crippen LogP contribution < -0.4 is 0 Å². The molecule has 0 bridgehead atoms. The zero-order chi connectivity index (χ0) is 18.0. The van der Waals surface area contributed by atoms with Gasteiger partial charge in [-0.05, 0) is 36.1 Å². The van der Waals surface area contributed by atoms with Gasteiger partial charge in [0.05, 0.1) is 7.11 Å². The Balaban J connectivity index is 2.17. The number of methoxy groups -OCH3 is 1. The lowest BCUT2D eigenvalue weighted by Gasteiger charge is -2.39. The fraction of sp³-hybridized carbons (Fsp3) is 0.238. The van der Waals surface area contributed by atoms with Crippen molar-refractivity contribution in [2.45, 2.75) is 18.8 Å². The van der Waals surface area contributed by atoms with Crippen LogP contribution in [0.15, 0.2) is 65.7 Å². The molecule has 128 valence electrons. The average molecular weight is 399 g/mol. The number of ketones is 1. The molecule has 25 heavy (non-hydrogen) atoms. The van der Waals surface area contributed by atoms with Crippen LogP contribution in [-0.2, 0) is 16.0 Å². The molecule has 1 aliphatic carbocycles. The SMILES string of the molecule is C=CC(c1ccc(Br)cc1)[C@]1(C(=O)OC)CCc2ccccc2C1=O. The van der Waals surface area contributed by atoms with Gasteiger partial charge in [0, 0.05) is 16.0 Å². The van der Waals surface area contributed by atoms with Gasteiger partial charge in [0.1, 0.15) is 5.41 Å². The van der Waals surface area contributed by atoms with E-state index in [1.54, 1.807) is 12.1 Å². The van der Waals surface area contributed by atoms with Gasteiger partial charge < -0.3 is 4.74 Å². The van der Waals surface area contributed by atoms with Crippen molar-refractivity contribution in [3.05, 3.63) is 82.3 Å². The van der Waals surface area contributed by atoms with Gasteiger partial charge >= 0.3 is 5.97 Å². The fourth-order valence-corrected chi connectivity index (χ4v) is 4.00. The number of Topliss-reactive ketones (excluding diaryl/α,β-unsaturated/α-hetero) is 1. The third kappa shape index (κ3) is 2.85. The minimum Gasteiger partial charge on any atom is -0.468 e. The summed E-state index contributed by atoms with van der Waals surface area (Å²) in [6, 6.07) is 15.1. The summed E-state index contributed by atoms with van der Waals surface area (Å²) in [7, 11) is 1.33. The molecule has 0 aliphatic heterocycles. The molecule has 1 aliphatic rings. The normalized spacial score (nSPS) is 20.5. The third-order valence-electron chi connectivity index (χ3n) is 5.00. The van der Waals surface area contributed by atoms with Gasteiger partial charge in [-0.1, -0.05) is 58.4 Å². The first-order valence-electron chi connectivity index (χ1n) is 8.13. The van der Waals surface area contributed by atoms with E-state index in [0.29, 0.717) is 18.4 Å². The number of carbonyl (C=O) groups excluding carboxylic acids is 2. The number of carbonyl (C=O) groups is 2. The molecule has 2 aromatic rings. The Morgan fingerprint density at radius 2 is 1.92 bits per heavy atom. The Labute approximate surface area is 155 Å². The zero-order valence-corrected chi connectivity index (χ0v) is 15.6. The van der Waals surface area contributed by atoms with Crippen molar-refractivity contribution in [3.8, 4) is 0 Å². The van der Waals surface area contributed by atoms with E-state index < -0.39 is 17.3 Å². The second-order valence-electron chi connectivity index (χ2n) is 6.21. The van der Waals surface area contributed by atoms with Crippen LogP contribution in [0.3, 0.4) is 0 Å². The third-order valence-corrected chi connectivity index (χ3v) is 5.53. The molecule has 3 nitrogen and oxygen atoms in total. The smallest absolute Gasteiger partial charge is 0.320 e. The number of esters is 1. The molecule has 2 aromatic carbocycles. The van der Waals surface area contributed by atoms with Crippen molar-refractivity contribution in [3.63, 3.8) is 0 Å². The summed E-state index contributed by atoms with van der Waals surface area (Å²) in [5.74, 6) is -1.14. The first-order valence-corrected chi connectivity index (χ1v) is 8.93. The maximum Gasteiger partial charge on any atom is 0.320 e.